The van der Waals surface area contributed by atoms with Gasteiger partial charge in [0.1, 0.15) is 17.1 Å². The molecule has 1 aromatic heterocycles. The molecule has 4 rings (SSSR count). The second-order valence-corrected chi connectivity index (χ2v) is 6.46. The number of Topliss-reactive ketones (excluding diaryl/α,β-unsaturated/α-hetero) is 2. The number of ketones is 2. The van der Waals surface area contributed by atoms with Crippen LogP contribution in [0.25, 0.3) is 0 Å². The van der Waals surface area contributed by atoms with Gasteiger partial charge in [0.2, 0.25) is 6.54 Å². The summed E-state index contributed by atoms with van der Waals surface area (Å²) in [5, 5.41) is 11.5. The molecule has 0 N–H and O–H groups in total. The van der Waals surface area contributed by atoms with Gasteiger partial charge in [0.05, 0.1) is 6.26 Å². The number of carbonyl (C=O) groups excluding carboxylic acids is 2. The molecule has 6 heteroatoms. The van der Waals surface area contributed by atoms with Gasteiger partial charge in [0.15, 0.2) is 11.6 Å². The summed E-state index contributed by atoms with van der Waals surface area (Å²) in [5.74, 6) is -1.68. The first kappa shape index (κ1) is 16.9. The first-order chi connectivity index (χ1) is 13.1. The summed E-state index contributed by atoms with van der Waals surface area (Å²) in [6.45, 7) is -0.603. The van der Waals surface area contributed by atoms with E-state index in [4.69, 9.17) is 4.42 Å². The van der Waals surface area contributed by atoms with Crippen molar-refractivity contribution in [2.24, 2.45) is 0 Å². The van der Waals surface area contributed by atoms with E-state index in [9.17, 15) is 19.7 Å². The van der Waals surface area contributed by atoms with Gasteiger partial charge in [-0.25, -0.2) is 0 Å². The minimum atomic E-state index is -1.73. The molecule has 2 aromatic carbocycles. The molecule has 0 spiro atoms. The van der Waals surface area contributed by atoms with E-state index < -0.39 is 34.4 Å². The zero-order valence-electron chi connectivity index (χ0n) is 14.2. The second-order valence-electron chi connectivity index (χ2n) is 6.46. The molecular formula is C21H15NO5. The predicted molar refractivity (Wildman–Crippen MR) is 96.5 cm³/mol. The Bertz CT molecular complexity index is 989. The Balaban J connectivity index is 2.03. The average molecular weight is 361 g/mol. The van der Waals surface area contributed by atoms with Crippen LogP contribution >= 0.6 is 0 Å². The molecule has 0 amide bonds. The highest BCUT2D eigenvalue weighted by atomic mass is 16.6. The van der Waals surface area contributed by atoms with Gasteiger partial charge in [0, 0.05) is 16.1 Å². The molecule has 134 valence electrons. The molecule has 0 radical (unpaired) electrons. The molecule has 1 heterocycles. The summed E-state index contributed by atoms with van der Waals surface area (Å²) in [5.41, 5.74) is -0.729. The summed E-state index contributed by atoms with van der Waals surface area (Å²) in [4.78, 5) is 38.1. The molecule has 3 aromatic rings. The number of nitro groups is 1. The number of benzene rings is 2. The molecule has 6 nitrogen and oxygen atoms in total. The average Bonchev–Trinajstić information content (AvgIpc) is 3.28. The van der Waals surface area contributed by atoms with Gasteiger partial charge in [-0.1, -0.05) is 54.6 Å². The van der Waals surface area contributed by atoms with E-state index in [-0.39, 0.29) is 16.9 Å². The lowest BCUT2D eigenvalue weighted by atomic mass is 9.65. The minimum absolute atomic E-state index is 0.241. The largest absolute Gasteiger partial charge is 0.469 e. The van der Waals surface area contributed by atoms with E-state index in [1.54, 1.807) is 66.7 Å². The zero-order chi connectivity index (χ0) is 19.0. The van der Waals surface area contributed by atoms with Crippen LogP contribution in [-0.2, 0) is 5.41 Å². The van der Waals surface area contributed by atoms with E-state index in [0.717, 1.165) is 0 Å². The maximum atomic E-state index is 13.6. The maximum Gasteiger partial charge on any atom is 0.215 e. The fraction of sp³-hybridized carbons (Fsp3) is 0.143. The Labute approximate surface area is 154 Å². The third-order valence-corrected chi connectivity index (χ3v) is 5.10. The molecule has 0 saturated heterocycles. The number of furan rings is 1. The Morgan fingerprint density at radius 2 is 1.48 bits per heavy atom. The maximum absolute atomic E-state index is 13.6. The highest BCUT2D eigenvalue weighted by Crippen LogP contribution is 2.49. The van der Waals surface area contributed by atoms with Gasteiger partial charge >= 0.3 is 0 Å². The summed E-state index contributed by atoms with van der Waals surface area (Å²) in [7, 11) is 0. The highest BCUT2D eigenvalue weighted by Gasteiger charge is 2.61. The molecule has 0 saturated carbocycles. The Morgan fingerprint density at radius 1 is 0.889 bits per heavy atom. The van der Waals surface area contributed by atoms with Crippen LogP contribution in [0.5, 0.6) is 0 Å². The van der Waals surface area contributed by atoms with Crippen molar-refractivity contribution in [1.82, 2.24) is 0 Å². The lowest BCUT2D eigenvalue weighted by Gasteiger charge is -2.31. The molecular weight excluding hydrogens is 346 g/mol. The third kappa shape index (κ3) is 2.41. The van der Waals surface area contributed by atoms with Crippen LogP contribution in [-0.4, -0.2) is 23.0 Å². The fourth-order valence-corrected chi connectivity index (χ4v) is 3.97. The summed E-state index contributed by atoms with van der Waals surface area (Å²) < 4.78 is 5.44. The topological polar surface area (TPSA) is 90.4 Å². The number of nitrogens with zero attached hydrogens (tertiary/aromatic N) is 1. The van der Waals surface area contributed by atoms with Crippen molar-refractivity contribution in [2.75, 3.05) is 6.54 Å². The molecule has 0 fully saturated rings. The Kier molecular flexibility index (Phi) is 3.96. The van der Waals surface area contributed by atoms with Gasteiger partial charge < -0.3 is 4.42 Å². The van der Waals surface area contributed by atoms with Crippen molar-refractivity contribution >= 4 is 11.6 Å². The second kappa shape index (κ2) is 6.32. The molecule has 1 unspecified atom stereocenters. The van der Waals surface area contributed by atoms with Crippen molar-refractivity contribution < 1.29 is 18.9 Å². The minimum Gasteiger partial charge on any atom is -0.469 e. The van der Waals surface area contributed by atoms with Gasteiger partial charge in [-0.15, -0.1) is 0 Å². The SMILES string of the molecule is O=C1c2ccccc2C(=O)C1(c1ccccc1)C(C[N+](=O)[O-])c1ccco1. The van der Waals surface area contributed by atoms with Crippen LogP contribution in [0.4, 0.5) is 0 Å². The Morgan fingerprint density at radius 3 is 2.00 bits per heavy atom. The molecule has 1 atom stereocenters. The Hall–Kier alpha value is -3.54. The normalized spacial score (nSPS) is 16.1. The van der Waals surface area contributed by atoms with Gasteiger partial charge in [-0.3, -0.25) is 19.7 Å². The summed E-state index contributed by atoms with van der Waals surface area (Å²) >= 11 is 0. The molecule has 27 heavy (non-hydrogen) atoms. The molecule has 1 aliphatic rings. The van der Waals surface area contributed by atoms with Gasteiger partial charge in [0.25, 0.3) is 0 Å². The van der Waals surface area contributed by atoms with E-state index in [1.165, 1.54) is 6.26 Å². The number of hydrogen-bond acceptors (Lipinski definition) is 5. The molecule has 1 aliphatic carbocycles. The van der Waals surface area contributed by atoms with Crippen molar-refractivity contribution in [3.8, 4) is 0 Å². The standard InChI is InChI=1S/C21H15NO5/c23-19-15-9-4-5-10-16(15)20(24)21(19,14-7-2-1-3-8-14)17(13-22(25)26)18-11-6-12-27-18/h1-12,17H,13H2. The quantitative estimate of drug-likeness (QED) is 0.393. The third-order valence-electron chi connectivity index (χ3n) is 5.10. The highest BCUT2D eigenvalue weighted by molar-refractivity contribution is 6.33. The number of fused-ring (bicyclic) bond motifs is 1. The lowest BCUT2D eigenvalue weighted by molar-refractivity contribution is -0.484. The van der Waals surface area contributed by atoms with Crippen LogP contribution in [0.3, 0.4) is 0 Å². The lowest BCUT2D eigenvalue weighted by Crippen LogP contribution is -2.46. The van der Waals surface area contributed by atoms with Crippen molar-refractivity contribution in [3.05, 3.63) is 106 Å². The van der Waals surface area contributed by atoms with Crippen LogP contribution < -0.4 is 0 Å². The number of hydrogen-bond donors (Lipinski definition) is 0. The van der Waals surface area contributed by atoms with E-state index in [1.807, 2.05) is 0 Å². The van der Waals surface area contributed by atoms with Crippen molar-refractivity contribution in [1.29, 1.82) is 0 Å². The van der Waals surface area contributed by atoms with E-state index >= 15 is 0 Å². The van der Waals surface area contributed by atoms with Crippen molar-refractivity contribution in [2.45, 2.75) is 11.3 Å². The van der Waals surface area contributed by atoms with Crippen LogP contribution in [0, 0.1) is 10.1 Å². The van der Waals surface area contributed by atoms with Gasteiger partial charge in [-0.2, -0.15) is 0 Å². The smallest absolute Gasteiger partial charge is 0.215 e. The monoisotopic (exact) mass is 361 g/mol. The zero-order valence-corrected chi connectivity index (χ0v) is 14.2. The summed E-state index contributed by atoms with van der Waals surface area (Å²) in [6.07, 6.45) is 1.39. The number of rotatable bonds is 5. The van der Waals surface area contributed by atoms with Crippen LogP contribution in [0.15, 0.2) is 77.4 Å². The van der Waals surface area contributed by atoms with Crippen LogP contribution in [0.2, 0.25) is 0 Å². The van der Waals surface area contributed by atoms with E-state index in [0.29, 0.717) is 5.56 Å². The summed E-state index contributed by atoms with van der Waals surface area (Å²) in [6, 6.07) is 18.2. The predicted octanol–water partition coefficient (Wildman–Crippen LogP) is 3.66. The van der Waals surface area contributed by atoms with Gasteiger partial charge in [-0.05, 0) is 17.7 Å². The first-order valence-electron chi connectivity index (χ1n) is 8.46. The van der Waals surface area contributed by atoms with E-state index in [2.05, 4.69) is 0 Å². The first-order valence-corrected chi connectivity index (χ1v) is 8.46. The van der Waals surface area contributed by atoms with Crippen LogP contribution in [0.1, 0.15) is 38.0 Å². The fourth-order valence-electron chi connectivity index (χ4n) is 3.97. The number of carbonyl (C=O) groups is 2. The molecule has 0 bridgehead atoms. The molecule has 0 aliphatic heterocycles. The van der Waals surface area contributed by atoms with Crippen molar-refractivity contribution in [3.63, 3.8) is 0 Å².